The molecule has 2 N–H and O–H groups in total. The fourth-order valence-electron chi connectivity index (χ4n) is 2.02. The summed E-state index contributed by atoms with van der Waals surface area (Å²) in [5.74, 6) is 0. The third kappa shape index (κ3) is 3.75. The van der Waals surface area contributed by atoms with E-state index >= 15 is 0 Å². The van der Waals surface area contributed by atoms with Gasteiger partial charge in [0.2, 0.25) is 0 Å². The molecule has 2 aromatic rings. The Morgan fingerprint density at radius 1 is 1.05 bits per heavy atom. The number of benzene rings is 2. The zero-order chi connectivity index (χ0) is 13.8. The van der Waals surface area contributed by atoms with Crippen molar-refractivity contribution in [1.82, 2.24) is 0 Å². The fraction of sp³-hybridized carbons (Fsp3) is 0.250. The van der Waals surface area contributed by atoms with Crippen molar-refractivity contribution in [3.63, 3.8) is 0 Å². The highest BCUT2D eigenvalue weighted by Crippen LogP contribution is 2.34. The molecular formula is C16H18ClNS. The monoisotopic (exact) mass is 291 g/mol. The molecule has 0 amide bonds. The predicted molar refractivity (Wildman–Crippen MR) is 84.2 cm³/mol. The summed E-state index contributed by atoms with van der Waals surface area (Å²) < 4.78 is 0. The summed E-state index contributed by atoms with van der Waals surface area (Å²) in [5.41, 5.74) is 9.51. The molecule has 0 fully saturated rings. The lowest BCUT2D eigenvalue weighted by atomic mass is 10.1. The highest BCUT2D eigenvalue weighted by atomic mass is 35.5. The molecule has 3 heteroatoms. The van der Waals surface area contributed by atoms with E-state index in [0.29, 0.717) is 6.54 Å². The molecule has 0 unspecified atom stereocenters. The van der Waals surface area contributed by atoms with Crippen LogP contribution in [0.4, 0.5) is 0 Å². The fourth-order valence-corrected chi connectivity index (χ4v) is 3.33. The predicted octanol–water partition coefficient (Wildman–Crippen LogP) is 4.61. The van der Waals surface area contributed by atoms with Crippen molar-refractivity contribution >= 4 is 23.4 Å². The second kappa shape index (κ2) is 6.47. The Morgan fingerprint density at radius 2 is 1.84 bits per heavy atom. The number of halogens is 1. The van der Waals surface area contributed by atoms with Crippen molar-refractivity contribution in [1.29, 1.82) is 0 Å². The van der Waals surface area contributed by atoms with E-state index < -0.39 is 0 Å². The third-order valence-electron chi connectivity index (χ3n) is 2.99. The summed E-state index contributed by atoms with van der Waals surface area (Å²) in [6.07, 6.45) is 0.879. The smallest absolute Gasteiger partial charge is 0.0417 e. The molecule has 0 saturated carbocycles. The summed E-state index contributed by atoms with van der Waals surface area (Å²) in [6, 6.07) is 12.5. The molecule has 2 aromatic carbocycles. The highest BCUT2D eigenvalue weighted by Gasteiger charge is 2.07. The Bertz CT molecular complexity index is 581. The quantitative estimate of drug-likeness (QED) is 0.890. The van der Waals surface area contributed by atoms with Gasteiger partial charge in [-0.2, -0.15) is 0 Å². The molecule has 0 aliphatic carbocycles. The second-order valence-electron chi connectivity index (χ2n) is 4.66. The number of hydrogen-bond donors (Lipinski definition) is 1. The molecule has 0 atom stereocenters. The van der Waals surface area contributed by atoms with Gasteiger partial charge >= 0.3 is 0 Å². The molecule has 2 rings (SSSR count). The molecule has 0 aromatic heterocycles. The number of hydrogen-bond acceptors (Lipinski definition) is 2. The summed E-state index contributed by atoms with van der Waals surface area (Å²) >= 11 is 7.87. The first kappa shape index (κ1) is 14.4. The molecule has 0 saturated heterocycles. The van der Waals surface area contributed by atoms with Crippen LogP contribution < -0.4 is 5.73 Å². The topological polar surface area (TPSA) is 26.0 Å². The average Bonchev–Trinajstić information content (AvgIpc) is 2.36. The zero-order valence-corrected chi connectivity index (χ0v) is 12.8. The van der Waals surface area contributed by atoms with Crippen LogP contribution in [-0.2, 0) is 6.42 Å². The van der Waals surface area contributed by atoms with E-state index in [4.69, 9.17) is 17.3 Å². The van der Waals surface area contributed by atoms with Crippen molar-refractivity contribution in [3.8, 4) is 0 Å². The van der Waals surface area contributed by atoms with Crippen LogP contribution >= 0.6 is 23.4 Å². The van der Waals surface area contributed by atoms with Crippen molar-refractivity contribution < 1.29 is 0 Å². The van der Waals surface area contributed by atoms with Gasteiger partial charge in [0.15, 0.2) is 0 Å². The highest BCUT2D eigenvalue weighted by molar-refractivity contribution is 7.99. The van der Waals surface area contributed by atoms with Gasteiger partial charge in [-0.15, -0.1) is 0 Å². The van der Waals surface area contributed by atoms with Crippen molar-refractivity contribution in [3.05, 3.63) is 58.1 Å². The van der Waals surface area contributed by atoms with Crippen LogP contribution in [0.15, 0.2) is 46.2 Å². The molecule has 0 radical (unpaired) electrons. The SMILES string of the molecule is Cc1ccc(Sc2cc(Cl)ccc2CCN)c(C)c1. The van der Waals surface area contributed by atoms with Gasteiger partial charge in [0.1, 0.15) is 0 Å². The maximum atomic E-state index is 6.10. The minimum Gasteiger partial charge on any atom is -0.330 e. The lowest BCUT2D eigenvalue weighted by Crippen LogP contribution is -2.03. The van der Waals surface area contributed by atoms with Gasteiger partial charge in [-0.3, -0.25) is 0 Å². The molecule has 0 aliphatic heterocycles. The van der Waals surface area contributed by atoms with Gasteiger partial charge in [-0.25, -0.2) is 0 Å². The number of rotatable bonds is 4. The van der Waals surface area contributed by atoms with E-state index in [1.165, 1.54) is 26.5 Å². The Balaban J connectivity index is 2.33. The molecule has 19 heavy (non-hydrogen) atoms. The summed E-state index contributed by atoms with van der Waals surface area (Å²) in [6.45, 7) is 4.91. The van der Waals surface area contributed by atoms with Crippen molar-refractivity contribution in [2.75, 3.05) is 6.54 Å². The largest absolute Gasteiger partial charge is 0.330 e. The Hall–Kier alpha value is -0.960. The van der Waals surface area contributed by atoms with Gasteiger partial charge < -0.3 is 5.73 Å². The normalized spacial score (nSPS) is 10.7. The third-order valence-corrected chi connectivity index (χ3v) is 4.51. The Morgan fingerprint density at radius 3 is 2.53 bits per heavy atom. The molecule has 0 aliphatic rings. The van der Waals surface area contributed by atoms with Gasteiger partial charge in [0.25, 0.3) is 0 Å². The van der Waals surface area contributed by atoms with Crippen LogP contribution in [0.25, 0.3) is 0 Å². The van der Waals surface area contributed by atoms with Gasteiger partial charge in [0, 0.05) is 14.8 Å². The first-order valence-corrected chi connectivity index (χ1v) is 7.53. The van der Waals surface area contributed by atoms with E-state index in [1.54, 1.807) is 11.8 Å². The van der Waals surface area contributed by atoms with E-state index in [1.807, 2.05) is 12.1 Å². The van der Waals surface area contributed by atoms with Gasteiger partial charge in [-0.05, 0) is 56.1 Å². The lowest BCUT2D eigenvalue weighted by Gasteiger charge is -2.11. The lowest BCUT2D eigenvalue weighted by molar-refractivity contribution is 0.944. The molecule has 1 nitrogen and oxygen atoms in total. The van der Waals surface area contributed by atoms with E-state index in [0.717, 1.165) is 11.4 Å². The van der Waals surface area contributed by atoms with Crippen molar-refractivity contribution in [2.24, 2.45) is 5.73 Å². The molecule has 100 valence electrons. The second-order valence-corrected chi connectivity index (χ2v) is 6.18. The summed E-state index contributed by atoms with van der Waals surface area (Å²) in [4.78, 5) is 2.47. The Kier molecular flexibility index (Phi) is 4.92. The van der Waals surface area contributed by atoms with Crippen LogP contribution in [0.2, 0.25) is 5.02 Å². The minimum absolute atomic E-state index is 0.655. The van der Waals surface area contributed by atoms with Crippen LogP contribution in [0.1, 0.15) is 16.7 Å². The van der Waals surface area contributed by atoms with Crippen molar-refractivity contribution in [2.45, 2.75) is 30.1 Å². The van der Waals surface area contributed by atoms with Crippen LogP contribution in [0.5, 0.6) is 0 Å². The van der Waals surface area contributed by atoms with Crippen LogP contribution in [0, 0.1) is 13.8 Å². The Labute approximate surface area is 124 Å². The number of nitrogens with two attached hydrogens (primary N) is 1. The van der Waals surface area contributed by atoms with Gasteiger partial charge in [-0.1, -0.05) is 47.1 Å². The van der Waals surface area contributed by atoms with E-state index in [2.05, 4.69) is 38.1 Å². The van der Waals surface area contributed by atoms with E-state index in [9.17, 15) is 0 Å². The van der Waals surface area contributed by atoms with E-state index in [-0.39, 0.29) is 0 Å². The maximum absolute atomic E-state index is 6.10. The summed E-state index contributed by atoms with van der Waals surface area (Å²) in [7, 11) is 0. The molecule has 0 bridgehead atoms. The number of aryl methyl sites for hydroxylation is 2. The molecule has 0 spiro atoms. The summed E-state index contributed by atoms with van der Waals surface area (Å²) in [5, 5.41) is 0.771. The zero-order valence-electron chi connectivity index (χ0n) is 11.2. The first-order chi connectivity index (χ1) is 9.10. The average molecular weight is 292 g/mol. The minimum atomic E-state index is 0.655. The van der Waals surface area contributed by atoms with Crippen LogP contribution in [0.3, 0.4) is 0 Å². The standard InChI is InChI=1S/C16H18ClNS/c1-11-3-6-15(12(2)9-11)19-16-10-14(17)5-4-13(16)7-8-18/h3-6,9-10H,7-8,18H2,1-2H3. The maximum Gasteiger partial charge on any atom is 0.0417 e. The molecule has 0 heterocycles. The molecular weight excluding hydrogens is 274 g/mol. The first-order valence-electron chi connectivity index (χ1n) is 6.34. The van der Waals surface area contributed by atoms with Crippen LogP contribution in [-0.4, -0.2) is 6.54 Å². The van der Waals surface area contributed by atoms with Gasteiger partial charge in [0.05, 0.1) is 0 Å².